The fraction of sp³-hybridized carbons (Fsp3) is 0.312. The van der Waals surface area contributed by atoms with Gasteiger partial charge in [0, 0.05) is 6.54 Å². The summed E-state index contributed by atoms with van der Waals surface area (Å²) in [5.41, 5.74) is 1.10. The number of rotatable bonds is 5. The van der Waals surface area contributed by atoms with Gasteiger partial charge >= 0.3 is 5.97 Å². The Bertz CT molecular complexity index is 624. The van der Waals surface area contributed by atoms with Gasteiger partial charge in [-0.05, 0) is 48.5 Å². The van der Waals surface area contributed by atoms with Gasteiger partial charge in [0.05, 0.1) is 7.11 Å². The lowest BCUT2D eigenvalue weighted by molar-refractivity contribution is -0.142. The largest absolute Gasteiger partial charge is 0.497 e. The molecule has 1 N–H and O–H groups in total. The molecule has 0 radical (unpaired) electrons. The van der Waals surface area contributed by atoms with Crippen LogP contribution >= 0.6 is 0 Å². The van der Waals surface area contributed by atoms with Crippen molar-refractivity contribution in [3.63, 3.8) is 0 Å². The van der Waals surface area contributed by atoms with E-state index in [2.05, 4.69) is 6.07 Å². The van der Waals surface area contributed by atoms with E-state index in [0.717, 1.165) is 22.1 Å². The summed E-state index contributed by atoms with van der Waals surface area (Å²) >= 11 is 0. The van der Waals surface area contributed by atoms with E-state index in [1.807, 2.05) is 42.3 Å². The predicted molar refractivity (Wildman–Crippen MR) is 79.1 cm³/mol. The number of carbonyl (C=O) groups is 1. The number of aliphatic carboxylic acids is 1. The molecule has 2 aromatic rings. The van der Waals surface area contributed by atoms with Gasteiger partial charge in [0.15, 0.2) is 0 Å². The number of hydrogen-bond acceptors (Lipinski definition) is 3. The molecule has 4 heteroatoms. The third kappa shape index (κ3) is 3.08. The Morgan fingerprint density at radius 1 is 1.25 bits per heavy atom. The predicted octanol–water partition coefficient (Wildman–Crippen LogP) is 2.75. The van der Waals surface area contributed by atoms with E-state index in [1.54, 1.807) is 14.0 Å². The van der Waals surface area contributed by atoms with Crippen LogP contribution in [-0.2, 0) is 11.3 Å². The zero-order chi connectivity index (χ0) is 14.7. The summed E-state index contributed by atoms with van der Waals surface area (Å²) < 4.78 is 5.20. The fourth-order valence-corrected chi connectivity index (χ4v) is 2.11. The van der Waals surface area contributed by atoms with Crippen LogP contribution in [0.1, 0.15) is 12.5 Å². The summed E-state index contributed by atoms with van der Waals surface area (Å²) in [6.45, 7) is 2.30. The summed E-state index contributed by atoms with van der Waals surface area (Å²) in [6, 6.07) is 11.6. The Morgan fingerprint density at radius 3 is 2.55 bits per heavy atom. The zero-order valence-corrected chi connectivity index (χ0v) is 12.0. The number of likely N-dealkylation sites (N-methyl/N-ethyl adjacent to an activating group) is 1. The molecule has 0 aliphatic heterocycles. The fourth-order valence-electron chi connectivity index (χ4n) is 2.11. The molecule has 0 saturated carbocycles. The molecule has 0 aromatic heterocycles. The lowest BCUT2D eigenvalue weighted by Gasteiger charge is -2.21. The summed E-state index contributed by atoms with van der Waals surface area (Å²) in [5.74, 6) is 0.0277. The molecule has 4 nitrogen and oxygen atoms in total. The van der Waals surface area contributed by atoms with Gasteiger partial charge in [-0.15, -0.1) is 0 Å². The van der Waals surface area contributed by atoms with Crippen molar-refractivity contribution in [3.05, 3.63) is 42.0 Å². The van der Waals surface area contributed by atoms with Crippen LogP contribution in [0.5, 0.6) is 5.75 Å². The topological polar surface area (TPSA) is 49.8 Å². The third-order valence-corrected chi connectivity index (χ3v) is 3.56. The standard InChI is InChI=1S/C16H19NO3/c1-11(16(18)19)17(2)10-12-4-5-14-9-15(20-3)7-6-13(14)8-12/h4-9,11H,10H2,1-3H3,(H,18,19). The minimum atomic E-state index is -0.807. The Labute approximate surface area is 118 Å². The smallest absolute Gasteiger partial charge is 0.320 e. The highest BCUT2D eigenvalue weighted by Gasteiger charge is 2.16. The maximum absolute atomic E-state index is 11.0. The van der Waals surface area contributed by atoms with Gasteiger partial charge in [0.1, 0.15) is 11.8 Å². The van der Waals surface area contributed by atoms with E-state index in [0.29, 0.717) is 6.54 Å². The Morgan fingerprint density at radius 2 is 1.90 bits per heavy atom. The monoisotopic (exact) mass is 273 g/mol. The highest BCUT2D eigenvalue weighted by atomic mass is 16.5. The molecule has 2 rings (SSSR count). The molecule has 0 aliphatic carbocycles. The Kier molecular flexibility index (Phi) is 4.25. The molecule has 20 heavy (non-hydrogen) atoms. The van der Waals surface area contributed by atoms with Gasteiger partial charge in [-0.1, -0.05) is 18.2 Å². The number of fused-ring (bicyclic) bond motifs is 1. The molecule has 0 fully saturated rings. The average Bonchev–Trinajstić information content (AvgIpc) is 2.45. The van der Waals surface area contributed by atoms with Gasteiger partial charge < -0.3 is 9.84 Å². The first kappa shape index (κ1) is 14.3. The molecule has 0 aliphatic rings. The normalized spacial score (nSPS) is 12.6. The van der Waals surface area contributed by atoms with Crippen molar-refractivity contribution in [1.82, 2.24) is 4.90 Å². The highest BCUT2D eigenvalue weighted by Crippen LogP contribution is 2.22. The van der Waals surface area contributed by atoms with E-state index in [1.165, 1.54) is 0 Å². The summed E-state index contributed by atoms with van der Waals surface area (Å²) in [6.07, 6.45) is 0. The molecular formula is C16H19NO3. The van der Waals surface area contributed by atoms with Crippen LogP contribution in [0.15, 0.2) is 36.4 Å². The molecule has 0 spiro atoms. The first-order valence-corrected chi connectivity index (χ1v) is 6.51. The van der Waals surface area contributed by atoms with Crippen molar-refractivity contribution in [1.29, 1.82) is 0 Å². The van der Waals surface area contributed by atoms with Crippen molar-refractivity contribution in [2.45, 2.75) is 19.5 Å². The second-order valence-corrected chi connectivity index (χ2v) is 4.98. The van der Waals surface area contributed by atoms with Crippen LogP contribution in [0, 0.1) is 0 Å². The molecule has 0 amide bonds. The number of nitrogens with zero attached hydrogens (tertiary/aromatic N) is 1. The van der Waals surface area contributed by atoms with E-state index >= 15 is 0 Å². The first-order chi connectivity index (χ1) is 9.51. The van der Waals surface area contributed by atoms with Crippen molar-refractivity contribution < 1.29 is 14.6 Å². The van der Waals surface area contributed by atoms with Crippen molar-refractivity contribution in [2.75, 3.05) is 14.2 Å². The van der Waals surface area contributed by atoms with Gasteiger partial charge in [-0.3, -0.25) is 9.69 Å². The second kappa shape index (κ2) is 5.92. The molecule has 2 aromatic carbocycles. The third-order valence-electron chi connectivity index (χ3n) is 3.56. The van der Waals surface area contributed by atoms with Crippen LogP contribution in [0.25, 0.3) is 10.8 Å². The summed E-state index contributed by atoms with van der Waals surface area (Å²) in [5, 5.41) is 11.2. The zero-order valence-electron chi connectivity index (χ0n) is 12.0. The number of benzene rings is 2. The van der Waals surface area contributed by atoms with Crippen molar-refractivity contribution in [3.8, 4) is 5.75 Å². The van der Waals surface area contributed by atoms with Crippen molar-refractivity contribution in [2.24, 2.45) is 0 Å². The second-order valence-electron chi connectivity index (χ2n) is 4.98. The lowest BCUT2D eigenvalue weighted by Crippen LogP contribution is -2.35. The van der Waals surface area contributed by atoms with E-state index < -0.39 is 12.0 Å². The molecule has 0 heterocycles. The maximum atomic E-state index is 11.0. The van der Waals surface area contributed by atoms with Gasteiger partial charge in [-0.2, -0.15) is 0 Å². The summed E-state index contributed by atoms with van der Waals surface area (Å²) in [4.78, 5) is 12.8. The minimum Gasteiger partial charge on any atom is -0.497 e. The molecular weight excluding hydrogens is 254 g/mol. The molecule has 1 atom stereocenters. The Hall–Kier alpha value is -2.07. The highest BCUT2D eigenvalue weighted by molar-refractivity contribution is 5.84. The van der Waals surface area contributed by atoms with Gasteiger partial charge in [0.25, 0.3) is 0 Å². The quantitative estimate of drug-likeness (QED) is 0.910. The van der Waals surface area contributed by atoms with Crippen LogP contribution in [0.3, 0.4) is 0 Å². The Balaban J connectivity index is 2.22. The average molecular weight is 273 g/mol. The van der Waals surface area contributed by atoms with E-state index in [9.17, 15) is 4.79 Å². The number of hydrogen-bond donors (Lipinski definition) is 1. The molecule has 1 unspecified atom stereocenters. The van der Waals surface area contributed by atoms with Crippen LogP contribution in [0.4, 0.5) is 0 Å². The van der Waals surface area contributed by atoms with Crippen LogP contribution < -0.4 is 4.74 Å². The number of ether oxygens (including phenoxy) is 1. The van der Waals surface area contributed by atoms with Crippen LogP contribution in [-0.4, -0.2) is 36.2 Å². The van der Waals surface area contributed by atoms with E-state index in [-0.39, 0.29) is 0 Å². The number of carboxylic acids is 1. The number of carboxylic acid groups (broad SMARTS) is 1. The molecule has 106 valence electrons. The van der Waals surface area contributed by atoms with Gasteiger partial charge in [-0.25, -0.2) is 0 Å². The van der Waals surface area contributed by atoms with E-state index in [4.69, 9.17) is 9.84 Å². The number of methoxy groups -OCH3 is 1. The first-order valence-electron chi connectivity index (χ1n) is 6.51. The van der Waals surface area contributed by atoms with Crippen molar-refractivity contribution >= 4 is 16.7 Å². The molecule has 0 saturated heterocycles. The maximum Gasteiger partial charge on any atom is 0.320 e. The minimum absolute atomic E-state index is 0.499. The summed E-state index contributed by atoms with van der Waals surface area (Å²) in [7, 11) is 3.47. The molecule has 0 bridgehead atoms. The lowest BCUT2D eigenvalue weighted by atomic mass is 10.1. The van der Waals surface area contributed by atoms with Crippen LogP contribution in [0.2, 0.25) is 0 Å². The SMILES string of the molecule is COc1ccc2cc(CN(C)C(C)C(=O)O)ccc2c1. The van der Waals surface area contributed by atoms with Gasteiger partial charge in [0.2, 0.25) is 0 Å².